The fourth-order valence-electron chi connectivity index (χ4n) is 0.741. The number of hydrogen-bond donors (Lipinski definition) is 2. The largest absolute Gasteiger partial charge is 0.304 e. The minimum atomic E-state index is -0.144. The monoisotopic (exact) mass is 130 g/mol. The Morgan fingerprint density at radius 2 is 2.78 bits per heavy atom. The number of hydrogen-bond acceptors (Lipinski definition) is 3. The van der Waals surface area contributed by atoms with E-state index in [1.807, 2.05) is 6.92 Å². The Kier molecular flexibility index (Phi) is 2.02. The maximum absolute atomic E-state index is 10.7. The number of likely N-dealkylation sites (N-methyl/N-ethyl adjacent to an activating group) is 1. The van der Waals surface area contributed by atoms with Crippen LogP contribution in [0.4, 0.5) is 0 Å². The molecule has 1 unspecified atom stereocenters. The van der Waals surface area contributed by atoms with Crippen LogP contribution in [0.2, 0.25) is 0 Å². The molecule has 9 heavy (non-hydrogen) atoms. The van der Waals surface area contributed by atoms with Gasteiger partial charge in [-0.1, -0.05) is 6.92 Å². The Hall–Kier alpha value is -0.610. The molecule has 1 amide bonds. The fourth-order valence-corrected chi connectivity index (χ4v) is 0.741. The molecule has 1 aliphatic rings. The molecule has 2 N–H and O–H groups in total. The summed E-state index contributed by atoms with van der Waals surface area (Å²) in [5.74, 6) is -0.0724. The molecule has 0 spiro atoms. The fraction of sp³-hybridized carbons (Fsp3) is 0.800. The lowest BCUT2D eigenvalue weighted by Gasteiger charge is -2.02. The quantitative estimate of drug-likeness (QED) is 0.505. The van der Waals surface area contributed by atoms with Gasteiger partial charge >= 0.3 is 0 Å². The predicted molar refractivity (Wildman–Crippen MR) is 31.6 cm³/mol. The van der Waals surface area contributed by atoms with Gasteiger partial charge in [-0.3, -0.25) is 9.63 Å². The normalized spacial score (nSPS) is 26.3. The van der Waals surface area contributed by atoms with Crippen molar-refractivity contribution >= 4 is 5.91 Å². The van der Waals surface area contributed by atoms with Crippen LogP contribution in [0.5, 0.6) is 0 Å². The molecule has 0 aromatic heterocycles. The average molecular weight is 130 g/mol. The molecule has 0 aromatic carbocycles. The Bertz CT molecular complexity index is 116. The molecule has 1 fully saturated rings. The summed E-state index contributed by atoms with van der Waals surface area (Å²) in [5.41, 5.74) is 2.25. The summed E-state index contributed by atoms with van der Waals surface area (Å²) in [6.07, 6.45) is 0. The molecule has 52 valence electrons. The van der Waals surface area contributed by atoms with E-state index in [4.69, 9.17) is 0 Å². The molecular formula is C5H10N2O2. The van der Waals surface area contributed by atoms with Crippen LogP contribution in [-0.2, 0) is 9.63 Å². The highest BCUT2D eigenvalue weighted by atomic mass is 16.7. The summed E-state index contributed by atoms with van der Waals surface area (Å²) < 4.78 is 0. The van der Waals surface area contributed by atoms with Crippen molar-refractivity contribution in [3.8, 4) is 0 Å². The Balaban J connectivity index is 2.31. The summed E-state index contributed by atoms with van der Waals surface area (Å²) in [4.78, 5) is 15.3. The highest BCUT2D eigenvalue weighted by Crippen LogP contribution is 1.92. The highest BCUT2D eigenvalue weighted by molar-refractivity contribution is 5.82. The number of amides is 1. The van der Waals surface area contributed by atoms with Crippen LogP contribution in [0.15, 0.2) is 0 Å². The molecule has 0 aromatic rings. The summed E-state index contributed by atoms with van der Waals surface area (Å²) >= 11 is 0. The van der Waals surface area contributed by atoms with Gasteiger partial charge in [0.05, 0.1) is 6.61 Å². The lowest BCUT2D eigenvalue weighted by Crippen LogP contribution is -2.37. The smallest absolute Gasteiger partial charge is 0.263 e. The van der Waals surface area contributed by atoms with Crippen LogP contribution in [0, 0.1) is 0 Å². The van der Waals surface area contributed by atoms with E-state index in [1.165, 1.54) is 0 Å². The molecule has 0 aliphatic carbocycles. The van der Waals surface area contributed by atoms with Crippen molar-refractivity contribution in [3.63, 3.8) is 0 Å². The van der Waals surface area contributed by atoms with Gasteiger partial charge in [0.2, 0.25) is 0 Å². The van der Waals surface area contributed by atoms with Gasteiger partial charge in [-0.15, -0.1) is 0 Å². The van der Waals surface area contributed by atoms with E-state index >= 15 is 0 Å². The van der Waals surface area contributed by atoms with Crippen LogP contribution < -0.4 is 10.8 Å². The van der Waals surface area contributed by atoms with Gasteiger partial charge in [0.15, 0.2) is 0 Å². The topological polar surface area (TPSA) is 50.4 Å². The number of carbonyl (C=O) groups is 1. The maximum atomic E-state index is 10.7. The number of rotatable bonds is 2. The van der Waals surface area contributed by atoms with Gasteiger partial charge in [-0.2, -0.15) is 0 Å². The Labute approximate surface area is 53.5 Å². The first-order valence-electron chi connectivity index (χ1n) is 2.99. The molecule has 0 radical (unpaired) electrons. The van der Waals surface area contributed by atoms with Crippen molar-refractivity contribution in [3.05, 3.63) is 0 Å². The Morgan fingerprint density at radius 3 is 3.22 bits per heavy atom. The van der Waals surface area contributed by atoms with Crippen molar-refractivity contribution in [1.29, 1.82) is 0 Å². The van der Waals surface area contributed by atoms with Crippen LogP contribution >= 0.6 is 0 Å². The lowest BCUT2D eigenvalue weighted by molar-refractivity contribution is -0.125. The summed E-state index contributed by atoms with van der Waals surface area (Å²) in [7, 11) is 0. The van der Waals surface area contributed by atoms with Crippen LogP contribution in [-0.4, -0.2) is 25.1 Å². The molecule has 1 heterocycles. The van der Waals surface area contributed by atoms with Gasteiger partial charge in [0.1, 0.15) is 6.04 Å². The number of carbonyl (C=O) groups excluding carboxylic acids is 1. The second-order valence-corrected chi connectivity index (χ2v) is 1.89. The minimum absolute atomic E-state index is 0.0724. The molecule has 4 nitrogen and oxygen atoms in total. The first kappa shape index (κ1) is 6.51. The summed E-state index contributed by atoms with van der Waals surface area (Å²) in [6, 6.07) is -0.144. The summed E-state index contributed by atoms with van der Waals surface area (Å²) in [5, 5.41) is 2.96. The van der Waals surface area contributed by atoms with E-state index in [9.17, 15) is 4.79 Å². The average Bonchev–Trinajstić information content (AvgIpc) is 2.18. The zero-order valence-corrected chi connectivity index (χ0v) is 5.31. The minimum Gasteiger partial charge on any atom is -0.304 e. The molecule has 1 atom stereocenters. The van der Waals surface area contributed by atoms with Gasteiger partial charge in [-0.25, -0.2) is 5.48 Å². The van der Waals surface area contributed by atoms with Gasteiger partial charge in [0, 0.05) is 0 Å². The number of hydroxylamine groups is 1. The van der Waals surface area contributed by atoms with Gasteiger partial charge in [-0.05, 0) is 6.54 Å². The zero-order valence-electron chi connectivity index (χ0n) is 5.31. The van der Waals surface area contributed by atoms with E-state index in [0.29, 0.717) is 6.61 Å². The third-order valence-electron chi connectivity index (χ3n) is 1.19. The van der Waals surface area contributed by atoms with E-state index in [2.05, 4.69) is 15.6 Å². The zero-order chi connectivity index (χ0) is 6.69. The van der Waals surface area contributed by atoms with Crippen LogP contribution in [0.25, 0.3) is 0 Å². The third kappa shape index (κ3) is 1.40. The molecule has 0 saturated carbocycles. The van der Waals surface area contributed by atoms with E-state index < -0.39 is 0 Å². The molecule has 1 aliphatic heterocycles. The third-order valence-corrected chi connectivity index (χ3v) is 1.19. The lowest BCUT2D eigenvalue weighted by atomic mass is 10.3. The van der Waals surface area contributed by atoms with Crippen molar-refractivity contribution in [2.45, 2.75) is 13.0 Å². The van der Waals surface area contributed by atoms with E-state index in [-0.39, 0.29) is 11.9 Å². The van der Waals surface area contributed by atoms with Crippen LogP contribution in [0.1, 0.15) is 6.92 Å². The first-order valence-corrected chi connectivity index (χ1v) is 2.99. The first-order chi connectivity index (χ1) is 4.34. The SMILES string of the molecule is CCNC1CONC1=O. The van der Waals surface area contributed by atoms with Crippen molar-refractivity contribution in [2.75, 3.05) is 13.2 Å². The molecule has 4 heteroatoms. The highest BCUT2D eigenvalue weighted by Gasteiger charge is 2.23. The van der Waals surface area contributed by atoms with E-state index in [1.54, 1.807) is 0 Å². The second kappa shape index (κ2) is 2.80. The van der Waals surface area contributed by atoms with Crippen molar-refractivity contribution < 1.29 is 9.63 Å². The van der Waals surface area contributed by atoms with Gasteiger partial charge < -0.3 is 5.32 Å². The second-order valence-electron chi connectivity index (χ2n) is 1.89. The predicted octanol–water partition coefficient (Wildman–Crippen LogP) is -0.974. The maximum Gasteiger partial charge on any atom is 0.263 e. The Morgan fingerprint density at radius 1 is 2.00 bits per heavy atom. The molecule has 1 rings (SSSR count). The molecular weight excluding hydrogens is 120 g/mol. The van der Waals surface area contributed by atoms with E-state index in [0.717, 1.165) is 6.54 Å². The van der Waals surface area contributed by atoms with Crippen molar-refractivity contribution in [1.82, 2.24) is 10.8 Å². The summed E-state index contributed by atoms with van der Waals surface area (Å²) in [6.45, 7) is 3.18. The molecule has 1 saturated heterocycles. The molecule has 0 bridgehead atoms. The van der Waals surface area contributed by atoms with Crippen LogP contribution in [0.3, 0.4) is 0 Å². The number of nitrogens with one attached hydrogen (secondary N) is 2. The van der Waals surface area contributed by atoms with Crippen molar-refractivity contribution in [2.24, 2.45) is 0 Å². The standard InChI is InChI=1S/C5H10N2O2/c1-2-6-4-3-9-7-5(4)8/h4,6H,2-3H2,1H3,(H,7,8). The van der Waals surface area contributed by atoms with Gasteiger partial charge in [0.25, 0.3) is 5.91 Å².